The lowest BCUT2D eigenvalue weighted by Crippen LogP contribution is -2.14. The summed E-state index contributed by atoms with van der Waals surface area (Å²) in [5.41, 5.74) is 1.17. The SMILES string of the molecule is O=C(CCc1nc2ccccc2c(=O)[nH]1)OCc1ccccc1Oc1ccccc1. The molecule has 0 atom stereocenters. The third-order valence-electron chi connectivity index (χ3n) is 4.56. The number of nitrogens with one attached hydrogen (secondary N) is 1. The second-order valence-corrected chi connectivity index (χ2v) is 6.71. The molecule has 30 heavy (non-hydrogen) atoms. The number of carbonyl (C=O) groups is 1. The van der Waals surface area contributed by atoms with Gasteiger partial charge in [0.05, 0.1) is 17.3 Å². The number of benzene rings is 3. The molecule has 0 spiro atoms. The molecule has 0 saturated carbocycles. The molecule has 1 aromatic heterocycles. The van der Waals surface area contributed by atoms with Crippen LogP contribution in [-0.4, -0.2) is 15.9 Å². The van der Waals surface area contributed by atoms with Crippen molar-refractivity contribution in [1.29, 1.82) is 0 Å². The minimum Gasteiger partial charge on any atom is -0.461 e. The van der Waals surface area contributed by atoms with Gasteiger partial charge in [0.15, 0.2) is 0 Å². The summed E-state index contributed by atoms with van der Waals surface area (Å²) >= 11 is 0. The van der Waals surface area contributed by atoms with Gasteiger partial charge >= 0.3 is 5.97 Å². The highest BCUT2D eigenvalue weighted by Crippen LogP contribution is 2.25. The van der Waals surface area contributed by atoms with E-state index in [2.05, 4.69) is 9.97 Å². The molecule has 6 nitrogen and oxygen atoms in total. The molecular formula is C24H20N2O4. The fourth-order valence-electron chi connectivity index (χ4n) is 3.04. The maximum absolute atomic E-state index is 12.2. The number of hydrogen-bond donors (Lipinski definition) is 1. The summed E-state index contributed by atoms with van der Waals surface area (Å²) in [6.45, 7) is 0.101. The standard InChI is InChI=1S/C24H20N2O4/c27-23(15-14-22-25-20-12-6-5-11-19(20)24(28)26-22)29-16-17-8-4-7-13-21(17)30-18-9-2-1-3-10-18/h1-13H,14-16H2,(H,25,26,28). The zero-order valence-corrected chi connectivity index (χ0v) is 16.2. The van der Waals surface area contributed by atoms with Gasteiger partial charge in [-0.3, -0.25) is 9.59 Å². The number of aromatic amines is 1. The molecule has 1 N–H and O–H groups in total. The van der Waals surface area contributed by atoms with E-state index in [0.717, 1.165) is 5.56 Å². The lowest BCUT2D eigenvalue weighted by atomic mass is 10.2. The van der Waals surface area contributed by atoms with Gasteiger partial charge in [0.25, 0.3) is 5.56 Å². The van der Waals surface area contributed by atoms with Crippen molar-refractivity contribution >= 4 is 16.9 Å². The van der Waals surface area contributed by atoms with E-state index in [1.807, 2.05) is 60.7 Å². The Hall–Kier alpha value is -3.93. The van der Waals surface area contributed by atoms with E-state index in [0.29, 0.717) is 34.6 Å². The van der Waals surface area contributed by atoms with E-state index in [1.165, 1.54) is 0 Å². The van der Waals surface area contributed by atoms with Crippen LogP contribution < -0.4 is 10.3 Å². The Balaban J connectivity index is 1.36. The largest absolute Gasteiger partial charge is 0.461 e. The number of aryl methyl sites for hydroxylation is 1. The van der Waals surface area contributed by atoms with Crippen LogP contribution in [-0.2, 0) is 22.6 Å². The van der Waals surface area contributed by atoms with E-state index in [9.17, 15) is 9.59 Å². The van der Waals surface area contributed by atoms with Gasteiger partial charge in [-0.2, -0.15) is 0 Å². The normalized spacial score (nSPS) is 10.7. The van der Waals surface area contributed by atoms with Crippen molar-refractivity contribution in [2.24, 2.45) is 0 Å². The Bertz CT molecular complexity index is 1220. The van der Waals surface area contributed by atoms with Crippen molar-refractivity contribution in [1.82, 2.24) is 9.97 Å². The number of aromatic nitrogens is 2. The molecule has 4 aromatic rings. The highest BCUT2D eigenvalue weighted by atomic mass is 16.5. The molecule has 0 aliphatic carbocycles. The molecule has 0 saturated heterocycles. The summed E-state index contributed by atoms with van der Waals surface area (Å²) in [5.74, 6) is 1.43. The number of carbonyl (C=O) groups excluding carboxylic acids is 1. The smallest absolute Gasteiger partial charge is 0.306 e. The van der Waals surface area contributed by atoms with Crippen molar-refractivity contribution < 1.29 is 14.3 Å². The third-order valence-corrected chi connectivity index (χ3v) is 4.56. The van der Waals surface area contributed by atoms with Crippen LogP contribution in [0.1, 0.15) is 17.8 Å². The fourth-order valence-corrected chi connectivity index (χ4v) is 3.04. The molecular weight excluding hydrogens is 380 g/mol. The predicted octanol–water partition coefficient (Wildman–Crippen LogP) is 4.39. The summed E-state index contributed by atoms with van der Waals surface area (Å²) in [6, 6.07) is 23.9. The number of ether oxygens (including phenoxy) is 2. The molecule has 0 unspecified atom stereocenters. The number of nitrogens with zero attached hydrogens (tertiary/aromatic N) is 1. The number of para-hydroxylation sites is 3. The quantitative estimate of drug-likeness (QED) is 0.465. The van der Waals surface area contributed by atoms with Crippen LogP contribution in [0.15, 0.2) is 83.7 Å². The summed E-state index contributed by atoms with van der Waals surface area (Å²) in [4.78, 5) is 31.5. The van der Waals surface area contributed by atoms with Crippen LogP contribution in [0.4, 0.5) is 0 Å². The van der Waals surface area contributed by atoms with Gasteiger partial charge in [0.2, 0.25) is 0 Å². The highest BCUT2D eigenvalue weighted by Gasteiger charge is 2.10. The summed E-state index contributed by atoms with van der Waals surface area (Å²) < 4.78 is 11.3. The van der Waals surface area contributed by atoms with Crippen LogP contribution in [0.2, 0.25) is 0 Å². The van der Waals surface area contributed by atoms with Gasteiger partial charge in [0.1, 0.15) is 23.9 Å². The summed E-state index contributed by atoms with van der Waals surface area (Å²) in [6.07, 6.45) is 0.407. The first-order valence-electron chi connectivity index (χ1n) is 9.63. The second-order valence-electron chi connectivity index (χ2n) is 6.71. The van der Waals surface area contributed by atoms with Gasteiger partial charge < -0.3 is 14.5 Å². The Morgan fingerprint density at radius 1 is 0.900 bits per heavy atom. The highest BCUT2D eigenvalue weighted by molar-refractivity contribution is 5.77. The molecule has 0 bridgehead atoms. The molecule has 0 fully saturated rings. The third kappa shape index (κ3) is 4.72. The Morgan fingerprint density at radius 2 is 1.63 bits per heavy atom. The molecule has 150 valence electrons. The van der Waals surface area contributed by atoms with E-state index in [1.54, 1.807) is 18.2 Å². The van der Waals surface area contributed by atoms with E-state index < -0.39 is 0 Å². The predicted molar refractivity (Wildman–Crippen MR) is 113 cm³/mol. The van der Waals surface area contributed by atoms with Crippen LogP contribution in [0.25, 0.3) is 10.9 Å². The first kappa shape index (κ1) is 19.4. The maximum Gasteiger partial charge on any atom is 0.306 e. The number of fused-ring (bicyclic) bond motifs is 1. The minimum absolute atomic E-state index is 0.101. The molecule has 6 heteroatoms. The van der Waals surface area contributed by atoms with E-state index >= 15 is 0 Å². The van der Waals surface area contributed by atoms with Gasteiger partial charge in [-0.15, -0.1) is 0 Å². The van der Waals surface area contributed by atoms with Crippen LogP contribution in [0, 0.1) is 0 Å². The molecule has 1 heterocycles. The fraction of sp³-hybridized carbons (Fsp3) is 0.125. The molecule has 4 rings (SSSR count). The van der Waals surface area contributed by atoms with Crippen LogP contribution in [0.3, 0.4) is 0 Å². The molecule has 0 radical (unpaired) electrons. The summed E-state index contributed by atoms with van der Waals surface area (Å²) in [7, 11) is 0. The topological polar surface area (TPSA) is 81.3 Å². The van der Waals surface area contributed by atoms with Crippen LogP contribution >= 0.6 is 0 Å². The molecule has 0 aliphatic rings. The van der Waals surface area contributed by atoms with Crippen molar-refractivity contribution in [3.8, 4) is 11.5 Å². The molecule has 0 amide bonds. The number of H-pyrrole nitrogens is 1. The van der Waals surface area contributed by atoms with Crippen molar-refractivity contribution in [3.05, 3.63) is 101 Å². The van der Waals surface area contributed by atoms with Gasteiger partial charge in [-0.1, -0.05) is 48.5 Å². The average Bonchev–Trinajstić information content (AvgIpc) is 2.78. The second kappa shape index (κ2) is 9.05. The van der Waals surface area contributed by atoms with Crippen molar-refractivity contribution in [3.63, 3.8) is 0 Å². The van der Waals surface area contributed by atoms with Gasteiger partial charge in [-0.05, 0) is 30.3 Å². The first-order chi connectivity index (χ1) is 14.7. The zero-order valence-electron chi connectivity index (χ0n) is 16.2. The van der Waals surface area contributed by atoms with Crippen LogP contribution in [0.5, 0.6) is 11.5 Å². The average molecular weight is 400 g/mol. The monoisotopic (exact) mass is 400 g/mol. The van der Waals surface area contributed by atoms with Gasteiger partial charge in [0, 0.05) is 12.0 Å². The lowest BCUT2D eigenvalue weighted by molar-refractivity contribution is -0.144. The van der Waals surface area contributed by atoms with Gasteiger partial charge in [-0.25, -0.2) is 4.98 Å². The lowest BCUT2D eigenvalue weighted by Gasteiger charge is -2.11. The Kier molecular flexibility index (Phi) is 5.85. The number of hydrogen-bond acceptors (Lipinski definition) is 5. The van der Waals surface area contributed by atoms with Crippen molar-refractivity contribution in [2.75, 3.05) is 0 Å². The minimum atomic E-state index is -0.375. The molecule has 0 aliphatic heterocycles. The Labute approximate surface area is 173 Å². The van der Waals surface area contributed by atoms with E-state index in [-0.39, 0.29) is 24.6 Å². The molecule has 3 aromatic carbocycles. The number of rotatable bonds is 7. The van der Waals surface area contributed by atoms with Crippen molar-refractivity contribution in [2.45, 2.75) is 19.4 Å². The summed E-state index contributed by atoms with van der Waals surface area (Å²) in [5, 5.41) is 0.527. The Morgan fingerprint density at radius 3 is 2.50 bits per heavy atom. The zero-order chi connectivity index (χ0) is 20.8. The van der Waals surface area contributed by atoms with E-state index in [4.69, 9.17) is 9.47 Å². The number of esters is 1. The maximum atomic E-state index is 12.2. The first-order valence-corrected chi connectivity index (χ1v) is 9.63.